The standard InChI is InChI=1S/C13H15NO3/c1-7-3-4-9(8(2)5-7)12-10(13(16)17)6-11(15)14-12/h3-5,10,12H,6H2,1-2H3,(H,14,15)(H,16,17)/t10-,12+/m0/s1. The average Bonchev–Trinajstić information content (AvgIpc) is 2.60. The van der Waals surface area contributed by atoms with E-state index < -0.39 is 17.9 Å². The van der Waals surface area contributed by atoms with E-state index >= 15 is 0 Å². The number of carbonyl (C=O) groups excluding carboxylic acids is 1. The highest BCUT2D eigenvalue weighted by Gasteiger charge is 2.38. The maximum Gasteiger partial charge on any atom is 0.309 e. The van der Waals surface area contributed by atoms with Crippen LogP contribution >= 0.6 is 0 Å². The van der Waals surface area contributed by atoms with Gasteiger partial charge in [-0.05, 0) is 25.0 Å². The Balaban J connectivity index is 2.38. The third kappa shape index (κ3) is 2.16. The number of nitrogens with one attached hydrogen (secondary N) is 1. The van der Waals surface area contributed by atoms with Crippen LogP contribution in [0.1, 0.15) is 29.2 Å². The number of amides is 1. The summed E-state index contributed by atoms with van der Waals surface area (Å²) in [5.41, 5.74) is 3.04. The highest BCUT2D eigenvalue weighted by atomic mass is 16.4. The van der Waals surface area contributed by atoms with Crippen LogP contribution < -0.4 is 5.32 Å². The molecule has 1 heterocycles. The topological polar surface area (TPSA) is 66.4 Å². The summed E-state index contributed by atoms with van der Waals surface area (Å²) in [7, 11) is 0. The fraction of sp³-hybridized carbons (Fsp3) is 0.385. The summed E-state index contributed by atoms with van der Waals surface area (Å²) in [5, 5.41) is 11.9. The SMILES string of the molecule is Cc1ccc([C@H]2NC(=O)C[C@@H]2C(=O)O)c(C)c1. The lowest BCUT2D eigenvalue weighted by Gasteiger charge is -2.18. The van der Waals surface area contributed by atoms with E-state index in [-0.39, 0.29) is 12.3 Å². The molecule has 1 saturated heterocycles. The average molecular weight is 233 g/mol. The Kier molecular flexibility index (Phi) is 2.88. The summed E-state index contributed by atoms with van der Waals surface area (Å²) in [4.78, 5) is 22.5. The van der Waals surface area contributed by atoms with Crippen LogP contribution in [-0.4, -0.2) is 17.0 Å². The minimum absolute atomic E-state index is 0.0628. The first-order valence-electron chi connectivity index (χ1n) is 5.58. The number of benzene rings is 1. The summed E-state index contributed by atoms with van der Waals surface area (Å²) in [6.07, 6.45) is 0.0628. The normalized spacial score (nSPS) is 23.5. The molecular weight excluding hydrogens is 218 g/mol. The van der Waals surface area contributed by atoms with Crippen molar-refractivity contribution in [2.45, 2.75) is 26.3 Å². The van der Waals surface area contributed by atoms with Gasteiger partial charge in [0.1, 0.15) is 0 Å². The van der Waals surface area contributed by atoms with Crippen molar-refractivity contribution in [3.05, 3.63) is 34.9 Å². The van der Waals surface area contributed by atoms with Crippen LogP contribution in [0.4, 0.5) is 0 Å². The number of rotatable bonds is 2. The van der Waals surface area contributed by atoms with Gasteiger partial charge in [0, 0.05) is 6.42 Å². The molecule has 0 aromatic heterocycles. The van der Waals surface area contributed by atoms with E-state index in [4.69, 9.17) is 5.11 Å². The second-order valence-corrected chi connectivity index (χ2v) is 4.55. The van der Waals surface area contributed by atoms with Gasteiger partial charge in [0.15, 0.2) is 0 Å². The monoisotopic (exact) mass is 233 g/mol. The first-order valence-corrected chi connectivity index (χ1v) is 5.58. The number of carbonyl (C=O) groups is 2. The quantitative estimate of drug-likeness (QED) is 0.814. The lowest BCUT2D eigenvalue weighted by molar-refractivity contribution is -0.142. The van der Waals surface area contributed by atoms with E-state index in [9.17, 15) is 9.59 Å². The molecule has 0 spiro atoms. The van der Waals surface area contributed by atoms with Crippen LogP contribution in [-0.2, 0) is 9.59 Å². The van der Waals surface area contributed by atoms with Crippen molar-refractivity contribution in [1.29, 1.82) is 0 Å². The molecule has 0 saturated carbocycles. The first-order chi connectivity index (χ1) is 7.99. The van der Waals surface area contributed by atoms with E-state index in [0.29, 0.717) is 0 Å². The molecule has 17 heavy (non-hydrogen) atoms. The maximum atomic E-state index is 11.3. The summed E-state index contributed by atoms with van der Waals surface area (Å²) in [6, 6.07) is 5.43. The van der Waals surface area contributed by atoms with Gasteiger partial charge in [-0.1, -0.05) is 23.8 Å². The molecular formula is C13H15NO3. The zero-order valence-electron chi connectivity index (χ0n) is 9.86. The maximum absolute atomic E-state index is 11.3. The van der Waals surface area contributed by atoms with Gasteiger partial charge in [0.25, 0.3) is 0 Å². The van der Waals surface area contributed by atoms with Crippen molar-refractivity contribution in [2.24, 2.45) is 5.92 Å². The molecule has 0 radical (unpaired) electrons. The Labute approximate surface area is 99.6 Å². The van der Waals surface area contributed by atoms with Gasteiger partial charge in [-0.25, -0.2) is 0 Å². The minimum Gasteiger partial charge on any atom is -0.481 e. The largest absolute Gasteiger partial charge is 0.481 e. The Bertz CT molecular complexity index is 482. The zero-order chi connectivity index (χ0) is 12.6. The van der Waals surface area contributed by atoms with Gasteiger partial charge in [-0.2, -0.15) is 0 Å². The molecule has 1 fully saturated rings. The van der Waals surface area contributed by atoms with Crippen molar-refractivity contribution in [3.8, 4) is 0 Å². The van der Waals surface area contributed by atoms with Crippen LogP contribution in [0, 0.1) is 19.8 Å². The smallest absolute Gasteiger partial charge is 0.309 e. The van der Waals surface area contributed by atoms with Crippen molar-refractivity contribution >= 4 is 11.9 Å². The summed E-state index contributed by atoms with van der Waals surface area (Å²) >= 11 is 0. The molecule has 1 aliphatic heterocycles. The van der Waals surface area contributed by atoms with E-state index in [0.717, 1.165) is 16.7 Å². The molecule has 1 amide bonds. The molecule has 0 aliphatic carbocycles. The Morgan fingerprint density at radius 1 is 1.41 bits per heavy atom. The highest BCUT2D eigenvalue weighted by molar-refractivity contribution is 5.87. The van der Waals surface area contributed by atoms with E-state index in [1.807, 2.05) is 32.0 Å². The molecule has 90 valence electrons. The highest BCUT2D eigenvalue weighted by Crippen LogP contribution is 2.32. The Morgan fingerprint density at radius 3 is 2.71 bits per heavy atom. The number of aliphatic carboxylic acids is 1. The molecule has 4 heteroatoms. The second kappa shape index (κ2) is 4.20. The molecule has 1 aliphatic rings. The molecule has 2 atom stereocenters. The van der Waals surface area contributed by atoms with Crippen LogP contribution in [0.25, 0.3) is 0 Å². The van der Waals surface area contributed by atoms with Crippen LogP contribution in [0.2, 0.25) is 0 Å². The zero-order valence-corrected chi connectivity index (χ0v) is 9.86. The van der Waals surface area contributed by atoms with Gasteiger partial charge >= 0.3 is 5.97 Å². The molecule has 1 aromatic carbocycles. The number of hydrogen-bond donors (Lipinski definition) is 2. The van der Waals surface area contributed by atoms with E-state index in [1.165, 1.54) is 0 Å². The van der Waals surface area contributed by atoms with Gasteiger partial charge in [0.05, 0.1) is 12.0 Å². The fourth-order valence-electron chi connectivity index (χ4n) is 2.35. The molecule has 1 aromatic rings. The Morgan fingerprint density at radius 2 is 2.12 bits per heavy atom. The van der Waals surface area contributed by atoms with Crippen LogP contribution in [0.3, 0.4) is 0 Å². The summed E-state index contributed by atoms with van der Waals surface area (Å²) < 4.78 is 0. The third-order valence-electron chi connectivity index (χ3n) is 3.20. The third-order valence-corrected chi connectivity index (χ3v) is 3.20. The van der Waals surface area contributed by atoms with Crippen molar-refractivity contribution in [1.82, 2.24) is 5.32 Å². The fourth-order valence-corrected chi connectivity index (χ4v) is 2.35. The first kappa shape index (κ1) is 11.6. The number of aryl methyl sites for hydroxylation is 2. The molecule has 0 unspecified atom stereocenters. The molecule has 2 rings (SSSR count). The van der Waals surface area contributed by atoms with Crippen molar-refractivity contribution < 1.29 is 14.7 Å². The number of carboxylic acid groups (broad SMARTS) is 1. The van der Waals surface area contributed by atoms with Gasteiger partial charge in [-0.3, -0.25) is 9.59 Å². The predicted molar refractivity (Wildman–Crippen MR) is 62.5 cm³/mol. The van der Waals surface area contributed by atoms with Crippen LogP contribution in [0.5, 0.6) is 0 Å². The number of carboxylic acids is 1. The lowest BCUT2D eigenvalue weighted by atomic mass is 9.91. The van der Waals surface area contributed by atoms with Gasteiger partial charge in [0.2, 0.25) is 5.91 Å². The van der Waals surface area contributed by atoms with Crippen molar-refractivity contribution in [3.63, 3.8) is 0 Å². The lowest BCUT2D eigenvalue weighted by Crippen LogP contribution is -2.25. The molecule has 0 bridgehead atoms. The molecule has 2 N–H and O–H groups in total. The van der Waals surface area contributed by atoms with E-state index in [2.05, 4.69) is 5.32 Å². The molecule has 4 nitrogen and oxygen atoms in total. The summed E-state index contributed by atoms with van der Waals surface area (Å²) in [5.74, 6) is -1.78. The van der Waals surface area contributed by atoms with Crippen molar-refractivity contribution in [2.75, 3.05) is 0 Å². The summed E-state index contributed by atoms with van der Waals surface area (Å²) in [6.45, 7) is 3.92. The second-order valence-electron chi connectivity index (χ2n) is 4.55. The van der Waals surface area contributed by atoms with E-state index in [1.54, 1.807) is 0 Å². The predicted octanol–water partition coefficient (Wildman–Crippen LogP) is 1.57. The Hall–Kier alpha value is -1.84. The van der Waals surface area contributed by atoms with Gasteiger partial charge < -0.3 is 10.4 Å². The number of hydrogen-bond acceptors (Lipinski definition) is 2. The van der Waals surface area contributed by atoms with Crippen LogP contribution in [0.15, 0.2) is 18.2 Å². The minimum atomic E-state index is -0.923. The van der Waals surface area contributed by atoms with Gasteiger partial charge in [-0.15, -0.1) is 0 Å².